The van der Waals surface area contributed by atoms with E-state index in [4.69, 9.17) is 5.11 Å². The summed E-state index contributed by atoms with van der Waals surface area (Å²) in [7, 11) is 0. The van der Waals surface area contributed by atoms with Gasteiger partial charge in [-0.25, -0.2) is 9.68 Å². The number of phenolic OH excluding ortho intramolecular Hbond substituents is 1. The minimum atomic E-state index is -0.627. The second kappa shape index (κ2) is 4.32. The molecular formula is C10H10O4. The Morgan fingerprint density at radius 3 is 2.43 bits per heavy atom. The molecule has 0 aromatic heterocycles. The van der Waals surface area contributed by atoms with E-state index in [2.05, 4.69) is 16.4 Å². The van der Waals surface area contributed by atoms with Crippen LogP contribution in [-0.2, 0) is 9.68 Å². The smallest absolute Gasteiger partial charge is 0.381 e. The molecule has 0 aliphatic carbocycles. The van der Waals surface area contributed by atoms with E-state index in [1.807, 2.05) is 0 Å². The second-order valence-electron chi connectivity index (χ2n) is 2.73. The summed E-state index contributed by atoms with van der Waals surface area (Å²) in [6.45, 7) is 4.90. The maximum atomic E-state index is 10.9. The molecule has 14 heavy (non-hydrogen) atoms. The fourth-order valence-corrected chi connectivity index (χ4v) is 0.659. The lowest BCUT2D eigenvalue weighted by Crippen LogP contribution is -2.07. The van der Waals surface area contributed by atoms with Gasteiger partial charge in [0, 0.05) is 5.57 Å². The van der Waals surface area contributed by atoms with Gasteiger partial charge >= 0.3 is 5.97 Å². The van der Waals surface area contributed by atoms with Gasteiger partial charge in [-0.1, -0.05) is 6.58 Å². The fraction of sp³-hybridized carbons (Fsp3) is 0.100. The van der Waals surface area contributed by atoms with E-state index in [0.29, 0.717) is 5.75 Å². The third-order valence-corrected chi connectivity index (χ3v) is 1.40. The summed E-state index contributed by atoms with van der Waals surface area (Å²) in [5.74, 6) is -0.181. The maximum Gasteiger partial charge on any atom is 0.381 e. The van der Waals surface area contributed by atoms with Gasteiger partial charge < -0.3 is 5.11 Å². The number of phenols is 1. The van der Waals surface area contributed by atoms with Gasteiger partial charge in [0.1, 0.15) is 5.75 Å². The van der Waals surface area contributed by atoms with Crippen LogP contribution in [0.15, 0.2) is 36.4 Å². The van der Waals surface area contributed by atoms with Crippen molar-refractivity contribution in [1.29, 1.82) is 0 Å². The van der Waals surface area contributed by atoms with Gasteiger partial charge in [0.05, 0.1) is 0 Å². The molecule has 4 heteroatoms. The molecule has 0 amide bonds. The quantitative estimate of drug-likeness (QED) is 0.453. The van der Waals surface area contributed by atoms with Gasteiger partial charge in [-0.05, 0) is 31.2 Å². The highest BCUT2D eigenvalue weighted by Crippen LogP contribution is 2.16. The Labute approximate surface area is 81.3 Å². The lowest BCUT2D eigenvalue weighted by Gasteiger charge is -2.03. The van der Waals surface area contributed by atoms with Crippen molar-refractivity contribution in [3.8, 4) is 11.5 Å². The van der Waals surface area contributed by atoms with Crippen molar-refractivity contribution in [1.82, 2.24) is 0 Å². The van der Waals surface area contributed by atoms with Crippen LogP contribution >= 0.6 is 0 Å². The summed E-state index contributed by atoms with van der Waals surface area (Å²) in [4.78, 5) is 20.0. The Morgan fingerprint density at radius 2 is 1.93 bits per heavy atom. The Kier molecular flexibility index (Phi) is 3.12. The molecule has 0 atom stereocenters. The predicted molar refractivity (Wildman–Crippen MR) is 49.6 cm³/mol. The Bertz CT molecular complexity index is 340. The van der Waals surface area contributed by atoms with E-state index in [1.54, 1.807) is 0 Å². The van der Waals surface area contributed by atoms with E-state index in [-0.39, 0.29) is 11.3 Å². The number of carbonyl (C=O) groups excluding carboxylic acids is 1. The van der Waals surface area contributed by atoms with Gasteiger partial charge in [0.2, 0.25) is 0 Å². The van der Waals surface area contributed by atoms with Crippen molar-refractivity contribution in [2.45, 2.75) is 6.92 Å². The first-order valence-electron chi connectivity index (χ1n) is 3.93. The van der Waals surface area contributed by atoms with Gasteiger partial charge in [-0.2, -0.15) is 0 Å². The zero-order valence-electron chi connectivity index (χ0n) is 7.69. The van der Waals surface area contributed by atoms with E-state index in [0.717, 1.165) is 0 Å². The largest absolute Gasteiger partial charge is 0.508 e. The van der Waals surface area contributed by atoms with Crippen LogP contribution in [0.4, 0.5) is 0 Å². The average molecular weight is 194 g/mol. The fourth-order valence-electron chi connectivity index (χ4n) is 0.659. The van der Waals surface area contributed by atoms with E-state index >= 15 is 0 Å². The monoisotopic (exact) mass is 194 g/mol. The first-order chi connectivity index (χ1) is 6.59. The molecule has 0 bridgehead atoms. The van der Waals surface area contributed by atoms with Crippen LogP contribution in [0.5, 0.6) is 11.5 Å². The Morgan fingerprint density at radius 1 is 1.36 bits per heavy atom. The number of aromatic hydroxyl groups is 1. The Hall–Kier alpha value is -1.97. The summed E-state index contributed by atoms with van der Waals surface area (Å²) < 4.78 is 0. The summed E-state index contributed by atoms with van der Waals surface area (Å²) in [5.41, 5.74) is 0.253. The van der Waals surface area contributed by atoms with Crippen molar-refractivity contribution in [3.05, 3.63) is 36.4 Å². The van der Waals surface area contributed by atoms with Crippen LogP contribution in [-0.4, -0.2) is 11.1 Å². The highest BCUT2D eigenvalue weighted by Gasteiger charge is 2.05. The van der Waals surface area contributed by atoms with Crippen LogP contribution in [0.2, 0.25) is 0 Å². The van der Waals surface area contributed by atoms with Crippen LogP contribution in [0.25, 0.3) is 0 Å². The van der Waals surface area contributed by atoms with E-state index in [9.17, 15) is 4.79 Å². The zero-order valence-corrected chi connectivity index (χ0v) is 7.69. The van der Waals surface area contributed by atoms with Gasteiger partial charge in [-0.15, -0.1) is 0 Å². The van der Waals surface area contributed by atoms with Crippen molar-refractivity contribution in [3.63, 3.8) is 0 Å². The van der Waals surface area contributed by atoms with Gasteiger partial charge in [-0.3, -0.25) is 4.89 Å². The third-order valence-electron chi connectivity index (χ3n) is 1.40. The Balaban J connectivity index is 2.50. The molecule has 0 unspecified atom stereocenters. The number of benzene rings is 1. The summed E-state index contributed by atoms with van der Waals surface area (Å²) in [6, 6.07) is 5.79. The standard InChI is InChI=1S/C10H10O4/c1-7(2)10(12)14-13-9-5-3-8(11)4-6-9/h3-6,11H,1H2,2H3. The third kappa shape index (κ3) is 2.82. The first-order valence-corrected chi connectivity index (χ1v) is 3.93. The SMILES string of the molecule is C=C(C)C(=O)OOc1ccc(O)cc1. The van der Waals surface area contributed by atoms with Crippen LogP contribution in [0.1, 0.15) is 6.92 Å². The molecule has 1 aromatic carbocycles. The minimum Gasteiger partial charge on any atom is -0.508 e. The normalized spacial score (nSPS) is 9.21. The van der Waals surface area contributed by atoms with Crippen molar-refractivity contribution < 1.29 is 19.7 Å². The molecule has 74 valence electrons. The van der Waals surface area contributed by atoms with Gasteiger partial charge in [0.15, 0.2) is 5.75 Å². The lowest BCUT2D eigenvalue weighted by atomic mass is 10.3. The summed E-state index contributed by atoms with van der Waals surface area (Å²) in [6.07, 6.45) is 0. The summed E-state index contributed by atoms with van der Waals surface area (Å²) in [5, 5.41) is 8.94. The van der Waals surface area contributed by atoms with Gasteiger partial charge in [0.25, 0.3) is 0 Å². The number of rotatable bonds is 3. The van der Waals surface area contributed by atoms with Crippen LogP contribution in [0, 0.1) is 0 Å². The molecule has 0 saturated carbocycles. The molecule has 4 nitrogen and oxygen atoms in total. The van der Waals surface area contributed by atoms with Crippen LogP contribution in [0.3, 0.4) is 0 Å². The molecule has 1 rings (SSSR count). The molecule has 0 aliphatic heterocycles. The van der Waals surface area contributed by atoms with E-state index in [1.165, 1.54) is 31.2 Å². The molecule has 0 spiro atoms. The molecule has 0 fully saturated rings. The molecule has 0 heterocycles. The number of hydrogen-bond acceptors (Lipinski definition) is 4. The van der Waals surface area contributed by atoms with E-state index < -0.39 is 5.97 Å². The number of carbonyl (C=O) groups is 1. The molecule has 1 aromatic rings. The molecule has 0 saturated heterocycles. The number of hydrogen-bond donors (Lipinski definition) is 1. The highest BCUT2D eigenvalue weighted by molar-refractivity contribution is 5.86. The lowest BCUT2D eigenvalue weighted by molar-refractivity contribution is -0.208. The first kappa shape index (κ1) is 10.1. The maximum absolute atomic E-state index is 10.9. The average Bonchev–Trinajstić information content (AvgIpc) is 2.16. The van der Waals surface area contributed by atoms with Crippen LogP contribution < -0.4 is 4.89 Å². The highest BCUT2D eigenvalue weighted by atomic mass is 17.2. The molecule has 0 radical (unpaired) electrons. The van der Waals surface area contributed by atoms with Crippen molar-refractivity contribution in [2.24, 2.45) is 0 Å². The van der Waals surface area contributed by atoms with Crippen molar-refractivity contribution in [2.75, 3.05) is 0 Å². The van der Waals surface area contributed by atoms with Crippen molar-refractivity contribution >= 4 is 5.97 Å². The zero-order chi connectivity index (χ0) is 10.6. The predicted octanol–water partition coefficient (Wildman–Crippen LogP) is 1.81. The topological polar surface area (TPSA) is 55.8 Å². The minimum absolute atomic E-state index is 0.114. The second-order valence-corrected chi connectivity index (χ2v) is 2.73. The molecule has 1 N–H and O–H groups in total. The molecule has 0 aliphatic rings. The summed E-state index contributed by atoms with van der Waals surface area (Å²) >= 11 is 0. The molecular weight excluding hydrogens is 184 g/mol.